The van der Waals surface area contributed by atoms with Crippen LogP contribution in [-0.4, -0.2) is 0 Å². The minimum atomic E-state index is 0.399. The summed E-state index contributed by atoms with van der Waals surface area (Å²) >= 11 is 0. The van der Waals surface area contributed by atoms with E-state index in [0.29, 0.717) is 5.92 Å². The SMILES string of the molecule is CC(C)C1CC2CC(C#N)C1C2. The summed E-state index contributed by atoms with van der Waals surface area (Å²) in [6.45, 7) is 4.61. The van der Waals surface area contributed by atoms with Crippen molar-refractivity contribution >= 4 is 0 Å². The van der Waals surface area contributed by atoms with E-state index in [1.54, 1.807) is 0 Å². The van der Waals surface area contributed by atoms with E-state index in [-0.39, 0.29) is 0 Å². The van der Waals surface area contributed by atoms with Crippen LogP contribution in [0.1, 0.15) is 33.1 Å². The van der Waals surface area contributed by atoms with Crippen molar-refractivity contribution in [3.05, 3.63) is 0 Å². The predicted octanol–water partition coefficient (Wildman–Crippen LogP) is 2.83. The second-order valence-electron chi connectivity index (χ2n) is 4.88. The van der Waals surface area contributed by atoms with Crippen LogP contribution in [-0.2, 0) is 0 Å². The molecule has 2 aliphatic rings. The van der Waals surface area contributed by atoms with E-state index >= 15 is 0 Å². The van der Waals surface area contributed by atoms with Crippen LogP contribution < -0.4 is 0 Å². The smallest absolute Gasteiger partial charge is 0.0658 e. The van der Waals surface area contributed by atoms with Crippen molar-refractivity contribution in [2.24, 2.45) is 29.6 Å². The lowest BCUT2D eigenvalue weighted by molar-refractivity contribution is 0.219. The molecule has 0 aromatic rings. The molecule has 66 valence electrons. The number of fused-ring (bicyclic) bond motifs is 2. The second-order valence-corrected chi connectivity index (χ2v) is 4.88. The molecule has 0 aromatic heterocycles. The van der Waals surface area contributed by atoms with Crippen LogP contribution in [0.15, 0.2) is 0 Å². The second kappa shape index (κ2) is 2.76. The fourth-order valence-electron chi connectivity index (χ4n) is 3.32. The minimum absolute atomic E-state index is 0.399. The predicted molar refractivity (Wildman–Crippen MR) is 48.3 cm³/mol. The molecule has 2 saturated carbocycles. The Morgan fingerprint density at radius 1 is 1.25 bits per heavy atom. The van der Waals surface area contributed by atoms with Crippen molar-refractivity contribution in [2.45, 2.75) is 33.1 Å². The molecule has 12 heavy (non-hydrogen) atoms. The first-order valence-electron chi connectivity index (χ1n) is 5.12. The highest BCUT2D eigenvalue weighted by molar-refractivity contribution is 5.03. The molecule has 0 aromatic carbocycles. The van der Waals surface area contributed by atoms with Gasteiger partial charge < -0.3 is 0 Å². The van der Waals surface area contributed by atoms with Gasteiger partial charge in [-0.05, 0) is 42.9 Å². The van der Waals surface area contributed by atoms with Gasteiger partial charge in [0.15, 0.2) is 0 Å². The number of hydrogen-bond donors (Lipinski definition) is 0. The summed E-state index contributed by atoms with van der Waals surface area (Å²) in [7, 11) is 0. The van der Waals surface area contributed by atoms with Gasteiger partial charge in [-0.25, -0.2) is 0 Å². The Balaban J connectivity index is 2.10. The lowest BCUT2D eigenvalue weighted by Gasteiger charge is -2.28. The van der Waals surface area contributed by atoms with Gasteiger partial charge in [-0.2, -0.15) is 5.26 Å². The van der Waals surface area contributed by atoms with Gasteiger partial charge in [0.25, 0.3) is 0 Å². The molecule has 2 fully saturated rings. The number of rotatable bonds is 1. The Morgan fingerprint density at radius 2 is 2.00 bits per heavy atom. The number of hydrogen-bond acceptors (Lipinski definition) is 1. The lowest BCUT2D eigenvalue weighted by Crippen LogP contribution is -2.23. The van der Waals surface area contributed by atoms with Gasteiger partial charge in [0.05, 0.1) is 6.07 Å². The third-order valence-electron chi connectivity index (χ3n) is 3.89. The largest absolute Gasteiger partial charge is 0.198 e. The summed E-state index contributed by atoms with van der Waals surface area (Å²) in [5.74, 6) is 3.69. The zero-order valence-corrected chi connectivity index (χ0v) is 7.96. The molecule has 2 bridgehead atoms. The molecular formula is C11H17N. The molecule has 2 rings (SSSR count). The van der Waals surface area contributed by atoms with Gasteiger partial charge in [-0.1, -0.05) is 13.8 Å². The van der Waals surface area contributed by atoms with E-state index in [4.69, 9.17) is 5.26 Å². The summed E-state index contributed by atoms with van der Waals surface area (Å²) in [4.78, 5) is 0. The van der Waals surface area contributed by atoms with E-state index in [9.17, 15) is 0 Å². The minimum Gasteiger partial charge on any atom is -0.198 e. The summed E-state index contributed by atoms with van der Waals surface area (Å²) in [5.41, 5.74) is 0. The molecule has 0 radical (unpaired) electrons. The average Bonchev–Trinajstić information content (AvgIpc) is 2.60. The van der Waals surface area contributed by atoms with Crippen molar-refractivity contribution in [3.8, 4) is 6.07 Å². The van der Waals surface area contributed by atoms with Crippen molar-refractivity contribution in [2.75, 3.05) is 0 Å². The molecule has 0 heterocycles. The van der Waals surface area contributed by atoms with Crippen molar-refractivity contribution in [1.29, 1.82) is 5.26 Å². The lowest BCUT2D eigenvalue weighted by atomic mass is 9.76. The van der Waals surface area contributed by atoms with Gasteiger partial charge in [-0.3, -0.25) is 0 Å². The Hall–Kier alpha value is -0.510. The van der Waals surface area contributed by atoms with Gasteiger partial charge >= 0.3 is 0 Å². The Labute approximate surface area is 74.8 Å². The van der Waals surface area contributed by atoms with E-state index in [2.05, 4.69) is 19.9 Å². The average molecular weight is 163 g/mol. The number of nitrogens with zero attached hydrogens (tertiary/aromatic N) is 1. The first kappa shape index (κ1) is 8.10. The highest BCUT2D eigenvalue weighted by atomic mass is 14.5. The molecule has 0 spiro atoms. The third kappa shape index (κ3) is 1.05. The quantitative estimate of drug-likeness (QED) is 0.583. The zero-order chi connectivity index (χ0) is 8.72. The highest BCUT2D eigenvalue weighted by Crippen LogP contribution is 2.53. The fourth-order valence-corrected chi connectivity index (χ4v) is 3.32. The normalized spacial score (nSPS) is 45.2. The maximum atomic E-state index is 8.94. The standard InChI is InChI=1S/C11H17N/c1-7(2)10-4-8-3-9(6-12)11(10)5-8/h7-11H,3-5H2,1-2H3. The molecule has 4 unspecified atom stereocenters. The molecular weight excluding hydrogens is 146 g/mol. The molecule has 0 N–H and O–H groups in total. The van der Waals surface area contributed by atoms with Gasteiger partial charge in [0.2, 0.25) is 0 Å². The van der Waals surface area contributed by atoms with Crippen LogP contribution in [0.2, 0.25) is 0 Å². The molecule has 0 amide bonds. The molecule has 2 aliphatic carbocycles. The van der Waals surface area contributed by atoms with Crippen LogP contribution in [0, 0.1) is 40.9 Å². The Kier molecular flexibility index (Phi) is 1.87. The maximum absolute atomic E-state index is 8.94. The molecule has 1 nitrogen and oxygen atoms in total. The topological polar surface area (TPSA) is 23.8 Å². The van der Waals surface area contributed by atoms with Gasteiger partial charge in [0.1, 0.15) is 0 Å². The van der Waals surface area contributed by atoms with Crippen molar-refractivity contribution in [3.63, 3.8) is 0 Å². The van der Waals surface area contributed by atoms with Crippen molar-refractivity contribution < 1.29 is 0 Å². The summed E-state index contributed by atoms with van der Waals surface area (Å²) in [6.07, 6.45) is 3.95. The van der Waals surface area contributed by atoms with Crippen LogP contribution >= 0.6 is 0 Å². The van der Waals surface area contributed by atoms with Gasteiger partial charge in [-0.15, -0.1) is 0 Å². The molecule has 0 aliphatic heterocycles. The van der Waals surface area contributed by atoms with E-state index in [0.717, 1.165) is 23.7 Å². The first-order chi connectivity index (χ1) is 5.72. The summed E-state index contributed by atoms with van der Waals surface area (Å²) < 4.78 is 0. The fraction of sp³-hybridized carbons (Fsp3) is 0.909. The Morgan fingerprint density at radius 3 is 2.50 bits per heavy atom. The van der Waals surface area contributed by atoms with Crippen molar-refractivity contribution in [1.82, 2.24) is 0 Å². The van der Waals surface area contributed by atoms with Crippen LogP contribution in [0.3, 0.4) is 0 Å². The Bertz CT molecular complexity index is 214. The molecule has 4 atom stereocenters. The van der Waals surface area contributed by atoms with Crippen LogP contribution in [0.4, 0.5) is 0 Å². The first-order valence-corrected chi connectivity index (χ1v) is 5.12. The number of nitriles is 1. The van der Waals surface area contributed by atoms with Gasteiger partial charge in [0, 0.05) is 5.92 Å². The molecule has 0 saturated heterocycles. The zero-order valence-electron chi connectivity index (χ0n) is 7.96. The van der Waals surface area contributed by atoms with E-state index in [1.807, 2.05) is 0 Å². The van der Waals surface area contributed by atoms with E-state index in [1.165, 1.54) is 19.3 Å². The summed E-state index contributed by atoms with van der Waals surface area (Å²) in [6, 6.07) is 2.48. The van der Waals surface area contributed by atoms with Crippen LogP contribution in [0.5, 0.6) is 0 Å². The monoisotopic (exact) mass is 163 g/mol. The molecule has 1 heteroatoms. The van der Waals surface area contributed by atoms with Crippen LogP contribution in [0.25, 0.3) is 0 Å². The highest BCUT2D eigenvalue weighted by Gasteiger charge is 2.46. The summed E-state index contributed by atoms with van der Waals surface area (Å²) in [5, 5.41) is 8.94. The maximum Gasteiger partial charge on any atom is 0.0658 e. The van der Waals surface area contributed by atoms with E-state index < -0.39 is 0 Å². The third-order valence-corrected chi connectivity index (χ3v) is 3.89.